The van der Waals surface area contributed by atoms with Crippen LogP contribution >= 0.6 is 23.4 Å². The van der Waals surface area contributed by atoms with Crippen LogP contribution < -0.4 is 5.32 Å². The molecule has 1 atom stereocenters. The molecule has 0 aliphatic heterocycles. The van der Waals surface area contributed by atoms with E-state index in [1.54, 1.807) is 12.4 Å². The van der Waals surface area contributed by atoms with Crippen molar-refractivity contribution in [3.63, 3.8) is 0 Å². The first-order valence-corrected chi connectivity index (χ1v) is 9.38. The van der Waals surface area contributed by atoms with Crippen molar-refractivity contribution < 1.29 is 4.79 Å². The number of carbonyl (C=O) groups is 1. The number of nitrogens with zero attached hydrogens (tertiary/aromatic N) is 4. The van der Waals surface area contributed by atoms with Crippen molar-refractivity contribution in [3.8, 4) is 11.4 Å². The number of aromatic nitrogens is 4. The van der Waals surface area contributed by atoms with Gasteiger partial charge in [-0.05, 0) is 36.8 Å². The Labute approximate surface area is 161 Å². The summed E-state index contributed by atoms with van der Waals surface area (Å²) in [7, 11) is 1.88. The average Bonchev–Trinajstić information content (AvgIpc) is 3.02. The molecule has 0 radical (unpaired) electrons. The molecular weight excluding hydrogens is 370 g/mol. The monoisotopic (exact) mass is 387 g/mol. The summed E-state index contributed by atoms with van der Waals surface area (Å²) in [4.78, 5) is 16.2. The van der Waals surface area contributed by atoms with Gasteiger partial charge in [-0.1, -0.05) is 35.5 Å². The van der Waals surface area contributed by atoms with Gasteiger partial charge in [0.2, 0.25) is 5.91 Å². The maximum absolute atomic E-state index is 12.2. The first-order chi connectivity index (χ1) is 12.5. The van der Waals surface area contributed by atoms with Crippen molar-refractivity contribution in [2.24, 2.45) is 7.05 Å². The van der Waals surface area contributed by atoms with Gasteiger partial charge in [0, 0.05) is 30.0 Å². The fourth-order valence-electron chi connectivity index (χ4n) is 2.44. The molecule has 6 nitrogen and oxygen atoms in total. The molecule has 134 valence electrons. The third-order valence-corrected chi connectivity index (χ3v) is 5.13. The van der Waals surface area contributed by atoms with Crippen molar-refractivity contribution in [1.82, 2.24) is 25.1 Å². The van der Waals surface area contributed by atoms with Gasteiger partial charge in [-0.2, -0.15) is 0 Å². The second-order valence-electron chi connectivity index (χ2n) is 5.73. The third-order valence-electron chi connectivity index (χ3n) is 3.85. The van der Waals surface area contributed by atoms with Crippen LogP contribution in [0.5, 0.6) is 0 Å². The zero-order chi connectivity index (χ0) is 18.5. The molecule has 1 aromatic carbocycles. The van der Waals surface area contributed by atoms with Gasteiger partial charge in [-0.25, -0.2) is 0 Å². The van der Waals surface area contributed by atoms with E-state index >= 15 is 0 Å². The summed E-state index contributed by atoms with van der Waals surface area (Å²) in [5.41, 5.74) is 1.94. The molecule has 1 amide bonds. The lowest BCUT2D eigenvalue weighted by atomic mass is 10.1. The van der Waals surface area contributed by atoms with Gasteiger partial charge in [0.1, 0.15) is 0 Å². The topological polar surface area (TPSA) is 72.7 Å². The second kappa shape index (κ2) is 8.33. The quantitative estimate of drug-likeness (QED) is 0.655. The predicted molar refractivity (Wildman–Crippen MR) is 103 cm³/mol. The molecule has 0 aliphatic carbocycles. The minimum atomic E-state index is -0.0905. The molecule has 2 aromatic heterocycles. The Morgan fingerprint density at radius 1 is 1.19 bits per heavy atom. The minimum absolute atomic E-state index is 0.0640. The highest BCUT2D eigenvalue weighted by Crippen LogP contribution is 2.22. The highest BCUT2D eigenvalue weighted by molar-refractivity contribution is 7.99. The maximum atomic E-state index is 12.2. The summed E-state index contributed by atoms with van der Waals surface area (Å²) in [5.74, 6) is 0.941. The second-order valence-corrected chi connectivity index (χ2v) is 7.11. The van der Waals surface area contributed by atoms with E-state index in [-0.39, 0.29) is 17.7 Å². The first-order valence-electron chi connectivity index (χ1n) is 8.02. The van der Waals surface area contributed by atoms with Crippen LogP contribution in [-0.2, 0) is 11.8 Å². The van der Waals surface area contributed by atoms with Gasteiger partial charge in [0.05, 0.1) is 11.8 Å². The van der Waals surface area contributed by atoms with E-state index < -0.39 is 0 Å². The van der Waals surface area contributed by atoms with Crippen LogP contribution in [-0.4, -0.2) is 31.4 Å². The van der Waals surface area contributed by atoms with Gasteiger partial charge in [-0.15, -0.1) is 10.2 Å². The highest BCUT2D eigenvalue weighted by Gasteiger charge is 2.14. The van der Waals surface area contributed by atoms with E-state index in [9.17, 15) is 4.79 Å². The van der Waals surface area contributed by atoms with Crippen molar-refractivity contribution in [2.75, 3.05) is 5.75 Å². The minimum Gasteiger partial charge on any atom is -0.349 e. The molecule has 3 aromatic rings. The van der Waals surface area contributed by atoms with Gasteiger partial charge in [0.25, 0.3) is 0 Å². The molecule has 0 fully saturated rings. The molecule has 2 heterocycles. The fraction of sp³-hybridized carbons (Fsp3) is 0.222. The molecule has 1 N–H and O–H groups in total. The molecule has 0 spiro atoms. The molecule has 8 heteroatoms. The lowest BCUT2D eigenvalue weighted by Gasteiger charge is -2.14. The number of amides is 1. The van der Waals surface area contributed by atoms with E-state index in [4.69, 9.17) is 11.6 Å². The Morgan fingerprint density at radius 3 is 2.58 bits per heavy atom. The van der Waals surface area contributed by atoms with E-state index in [2.05, 4.69) is 20.5 Å². The number of pyridine rings is 1. The number of hydrogen-bond donors (Lipinski definition) is 1. The molecule has 0 unspecified atom stereocenters. The lowest BCUT2D eigenvalue weighted by molar-refractivity contribution is -0.119. The van der Waals surface area contributed by atoms with Crippen LogP contribution in [0.3, 0.4) is 0 Å². The number of halogens is 1. The Hall–Kier alpha value is -2.38. The summed E-state index contributed by atoms with van der Waals surface area (Å²) >= 11 is 7.24. The van der Waals surface area contributed by atoms with Crippen molar-refractivity contribution in [1.29, 1.82) is 0 Å². The summed E-state index contributed by atoms with van der Waals surface area (Å²) in [6.07, 6.45) is 3.42. The van der Waals surface area contributed by atoms with Crippen LogP contribution in [0.2, 0.25) is 5.02 Å². The molecule has 26 heavy (non-hydrogen) atoms. The largest absolute Gasteiger partial charge is 0.349 e. The van der Waals surface area contributed by atoms with E-state index in [1.807, 2.05) is 54.9 Å². The molecule has 0 saturated carbocycles. The molecule has 0 aliphatic rings. The number of carbonyl (C=O) groups excluding carboxylic acids is 1. The zero-order valence-corrected chi connectivity index (χ0v) is 16.0. The third kappa shape index (κ3) is 4.42. The Bertz CT molecular complexity index is 882. The molecule has 0 saturated heterocycles. The number of rotatable bonds is 6. The number of benzene rings is 1. The van der Waals surface area contributed by atoms with E-state index in [0.29, 0.717) is 10.2 Å². The van der Waals surface area contributed by atoms with Gasteiger partial charge in [-0.3, -0.25) is 9.78 Å². The normalized spacial score (nSPS) is 12.0. The van der Waals surface area contributed by atoms with Crippen molar-refractivity contribution >= 4 is 29.3 Å². The van der Waals surface area contributed by atoms with Gasteiger partial charge < -0.3 is 9.88 Å². The van der Waals surface area contributed by atoms with E-state index in [0.717, 1.165) is 17.0 Å². The summed E-state index contributed by atoms with van der Waals surface area (Å²) in [6.45, 7) is 1.94. The number of nitrogens with one attached hydrogen (secondary N) is 1. The van der Waals surface area contributed by atoms with Crippen LogP contribution in [0, 0.1) is 0 Å². The van der Waals surface area contributed by atoms with Gasteiger partial charge in [0.15, 0.2) is 11.0 Å². The van der Waals surface area contributed by atoms with Crippen LogP contribution in [0.15, 0.2) is 53.9 Å². The summed E-state index contributed by atoms with van der Waals surface area (Å²) < 4.78 is 1.87. The SMILES string of the molecule is C[C@@H](NC(=O)CSc1nnc(-c2ccncc2)n1C)c1ccc(Cl)cc1. The lowest BCUT2D eigenvalue weighted by Crippen LogP contribution is -2.28. The number of thioether (sulfide) groups is 1. The summed E-state index contributed by atoms with van der Waals surface area (Å²) in [6, 6.07) is 11.1. The maximum Gasteiger partial charge on any atom is 0.230 e. The Morgan fingerprint density at radius 2 is 1.88 bits per heavy atom. The first kappa shape index (κ1) is 18.4. The van der Waals surface area contributed by atoms with Crippen LogP contribution in [0.1, 0.15) is 18.5 Å². The highest BCUT2D eigenvalue weighted by atomic mass is 35.5. The van der Waals surface area contributed by atoms with Gasteiger partial charge >= 0.3 is 0 Å². The molecular formula is C18H18ClN5OS. The number of hydrogen-bond acceptors (Lipinski definition) is 5. The standard InChI is InChI=1S/C18H18ClN5OS/c1-12(13-3-5-15(19)6-4-13)21-16(25)11-26-18-23-22-17(24(18)2)14-7-9-20-10-8-14/h3-10,12H,11H2,1-2H3,(H,21,25)/t12-/m1/s1. The fourth-order valence-corrected chi connectivity index (χ4v) is 3.29. The molecule has 3 rings (SSSR count). The van der Waals surface area contributed by atoms with Crippen molar-refractivity contribution in [3.05, 3.63) is 59.4 Å². The summed E-state index contributed by atoms with van der Waals surface area (Å²) in [5, 5.41) is 12.7. The molecule has 0 bridgehead atoms. The van der Waals surface area contributed by atoms with E-state index in [1.165, 1.54) is 11.8 Å². The predicted octanol–water partition coefficient (Wildman–Crippen LogP) is 3.50. The zero-order valence-electron chi connectivity index (χ0n) is 14.4. The average molecular weight is 388 g/mol. The van der Waals surface area contributed by atoms with Crippen molar-refractivity contribution in [2.45, 2.75) is 18.1 Å². The Kier molecular flexibility index (Phi) is 5.90. The Balaban J connectivity index is 1.58. The van der Waals surface area contributed by atoms with Crippen LogP contribution in [0.4, 0.5) is 0 Å². The smallest absolute Gasteiger partial charge is 0.230 e. The van der Waals surface area contributed by atoms with Crippen LogP contribution in [0.25, 0.3) is 11.4 Å².